The van der Waals surface area contributed by atoms with Crippen LogP contribution in [0.15, 0.2) is 24.3 Å². The fraction of sp³-hybridized carbons (Fsp3) is 0.571. The third-order valence-corrected chi connectivity index (χ3v) is 2.65. The molecular weight excluding hydrogens is 233 g/mol. The highest BCUT2D eigenvalue weighted by Crippen LogP contribution is 2.08. The number of benzene rings is 1. The van der Waals surface area contributed by atoms with Crippen molar-refractivity contribution in [2.24, 2.45) is 0 Å². The van der Waals surface area contributed by atoms with Crippen LogP contribution in [-0.2, 0) is 15.9 Å². The third kappa shape index (κ3) is 6.10. The minimum Gasteiger partial charge on any atom is -0.382 e. The van der Waals surface area contributed by atoms with Crippen molar-refractivity contribution in [3.63, 3.8) is 0 Å². The van der Waals surface area contributed by atoms with Crippen LogP contribution in [-0.4, -0.2) is 39.5 Å². The van der Waals surface area contributed by atoms with Gasteiger partial charge in [0.1, 0.15) is 5.82 Å². The van der Waals surface area contributed by atoms with Crippen molar-refractivity contribution in [3.8, 4) is 0 Å². The van der Waals surface area contributed by atoms with Crippen LogP contribution >= 0.6 is 0 Å². The van der Waals surface area contributed by atoms with E-state index in [1.54, 1.807) is 13.2 Å². The molecule has 1 aromatic carbocycles. The summed E-state index contributed by atoms with van der Waals surface area (Å²) in [6, 6.07) is 7.12. The lowest BCUT2D eigenvalue weighted by Crippen LogP contribution is -2.31. The Hall–Kier alpha value is -0.970. The Labute approximate surface area is 108 Å². The molecule has 0 saturated heterocycles. The smallest absolute Gasteiger partial charge is 0.126 e. The normalized spacial score (nSPS) is 12.6. The van der Waals surface area contributed by atoms with E-state index >= 15 is 0 Å². The van der Waals surface area contributed by atoms with Crippen LogP contribution in [0.25, 0.3) is 0 Å². The van der Waals surface area contributed by atoms with Crippen LogP contribution in [0, 0.1) is 5.82 Å². The van der Waals surface area contributed by atoms with Gasteiger partial charge in [-0.15, -0.1) is 0 Å². The molecule has 0 aliphatic heterocycles. The van der Waals surface area contributed by atoms with Gasteiger partial charge in [-0.2, -0.15) is 0 Å². The molecule has 102 valence electrons. The van der Waals surface area contributed by atoms with E-state index in [0.717, 1.165) is 12.1 Å². The van der Waals surface area contributed by atoms with Crippen molar-refractivity contribution in [1.82, 2.24) is 5.32 Å². The Kier molecular flexibility index (Phi) is 7.57. The Balaban J connectivity index is 2.14. The van der Waals surface area contributed by atoms with Crippen molar-refractivity contribution in [2.45, 2.75) is 19.4 Å². The van der Waals surface area contributed by atoms with Gasteiger partial charge >= 0.3 is 0 Å². The number of nitrogens with one attached hydrogen (secondary N) is 1. The summed E-state index contributed by atoms with van der Waals surface area (Å²) in [5, 5.41) is 3.30. The van der Waals surface area contributed by atoms with Gasteiger partial charge in [-0.3, -0.25) is 0 Å². The first-order valence-corrected chi connectivity index (χ1v) is 6.27. The molecule has 1 N–H and O–H groups in total. The molecule has 0 fully saturated rings. The van der Waals surface area contributed by atoms with Gasteiger partial charge in [0, 0.05) is 19.7 Å². The summed E-state index contributed by atoms with van der Waals surface area (Å²) >= 11 is 0. The highest BCUT2D eigenvalue weighted by Gasteiger charge is 2.06. The van der Waals surface area contributed by atoms with Gasteiger partial charge in [-0.1, -0.05) is 18.2 Å². The standard InChI is InChI=1S/C14H22FNO2/c1-12(16-7-8-18-10-9-17-2)11-13-5-3-4-6-14(13)15/h3-6,12,16H,7-11H2,1-2H3. The summed E-state index contributed by atoms with van der Waals surface area (Å²) < 4.78 is 23.6. The summed E-state index contributed by atoms with van der Waals surface area (Å²) in [6.07, 6.45) is 0.685. The topological polar surface area (TPSA) is 30.5 Å². The average Bonchev–Trinajstić information content (AvgIpc) is 2.36. The molecule has 1 atom stereocenters. The molecule has 0 heterocycles. The molecule has 0 bridgehead atoms. The summed E-state index contributed by atoms with van der Waals surface area (Å²) in [5.41, 5.74) is 0.748. The van der Waals surface area contributed by atoms with E-state index in [4.69, 9.17) is 9.47 Å². The highest BCUT2D eigenvalue weighted by molar-refractivity contribution is 5.18. The maximum atomic E-state index is 13.4. The molecule has 0 aliphatic carbocycles. The lowest BCUT2D eigenvalue weighted by Gasteiger charge is -2.14. The van der Waals surface area contributed by atoms with Gasteiger partial charge in [-0.25, -0.2) is 4.39 Å². The summed E-state index contributed by atoms with van der Waals surface area (Å²) in [6.45, 7) is 4.68. The lowest BCUT2D eigenvalue weighted by molar-refractivity contribution is 0.0712. The summed E-state index contributed by atoms with van der Waals surface area (Å²) in [5.74, 6) is -0.137. The Morgan fingerprint density at radius 3 is 2.72 bits per heavy atom. The first-order valence-electron chi connectivity index (χ1n) is 6.27. The number of ether oxygens (including phenoxy) is 2. The van der Waals surface area contributed by atoms with E-state index in [0.29, 0.717) is 26.2 Å². The third-order valence-electron chi connectivity index (χ3n) is 2.65. The van der Waals surface area contributed by atoms with Gasteiger partial charge in [-0.05, 0) is 25.0 Å². The second kappa shape index (κ2) is 9.03. The zero-order valence-corrected chi connectivity index (χ0v) is 11.1. The molecule has 0 radical (unpaired) electrons. The number of methoxy groups -OCH3 is 1. The second-order valence-electron chi connectivity index (χ2n) is 4.26. The van der Waals surface area contributed by atoms with Gasteiger partial charge in [0.25, 0.3) is 0 Å². The fourth-order valence-electron chi connectivity index (χ4n) is 1.69. The molecule has 0 aromatic heterocycles. The molecule has 0 spiro atoms. The minimum atomic E-state index is -0.137. The molecule has 3 nitrogen and oxygen atoms in total. The first-order chi connectivity index (χ1) is 8.74. The molecule has 1 unspecified atom stereocenters. The number of rotatable bonds is 9. The van der Waals surface area contributed by atoms with Gasteiger partial charge < -0.3 is 14.8 Å². The molecule has 0 amide bonds. The van der Waals surface area contributed by atoms with Crippen LogP contribution in [0.1, 0.15) is 12.5 Å². The van der Waals surface area contributed by atoms with E-state index in [1.807, 2.05) is 19.1 Å². The Bertz CT molecular complexity index is 333. The van der Waals surface area contributed by atoms with Crippen molar-refractivity contribution >= 4 is 0 Å². The molecular formula is C14H22FNO2. The van der Waals surface area contributed by atoms with E-state index in [9.17, 15) is 4.39 Å². The molecule has 18 heavy (non-hydrogen) atoms. The zero-order valence-electron chi connectivity index (χ0n) is 11.1. The molecule has 1 aromatic rings. The maximum absolute atomic E-state index is 13.4. The predicted molar refractivity (Wildman–Crippen MR) is 70.3 cm³/mol. The Morgan fingerprint density at radius 2 is 2.00 bits per heavy atom. The maximum Gasteiger partial charge on any atom is 0.126 e. The van der Waals surface area contributed by atoms with Crippen LogP contribution in [0.4, 0.5) is 4.39 Å². The summed E-state index contributed by atoms with van der Waals surface area (Å²) in [7, 11) is 1.65. The fourth-order valence-corrected chi connectivity index (χ4v) is 1.69. The van der Waals surface area contributed by atoms with Crippen molar-refractivity contribution in [2.75, 3.05) is 33.5 Å². The first kappa shape index (κ1) is 15.1. The van der Waals surface area contributed by atoms with E-state index in [2.05, 4.69) is 5.32 Å². The van der Waals surface area contributed by atoms with Gasteiger partial charge in [0.15, 0.2) is 0 Å². The Morgan fingerprint density at radius 1 is 1.22 bits per heavy atom. The van der Waals surface area contributed by atoms with Crippen molar-refractivity contribution in [1.29, 1.82) is 0 Å². The van der Waals surface area contributed by atoms with Crippen LogP contribution < -0.4 is 5.32 Å². The highest BCUT2D eigenvalue weighted by atomic mass is 19.1. The largest absolute Gasteiger partial charge is 0.382 e. The van der Waals surface area contributed by atoms with E-state index in [-0.39, 0.29) is 11.9 Å². The summed E-state index contributed by atoms with van der Waals surface area (Å²) in [4.78, 5) is 0. The van der Waals surface area contributed by atoms with E-state index in [1.165, 1.54) is 6.07 Å². The van der Waals surface area contributed by atoms with Crippen LogP contribution in [0.2, 0.25) is 0 Å². The van der Waals surface area contributed by atoms with Gasteiger partial charge in [0.05, 0.1) is 19.8 Å². The second-order valence-corrected chi connectivity index (χ2v) is 4.26. The SMILES string of the molecule is COCCOCCNC(C)Cc1ccccc1F. The lowest BCUT2D eigenvalue weighted by atomic mass is 10.1. The van der Waals surface area contributed by atoms with Gasteiger partial charge in [0.2, 0.25) is 0 Å². The number of hydrogen-bond donors (Lipinski definition) is 1. The minimum absolute atomic E-state index is 0.137. The molecule has 0 saturated carbocycles. The number of hydrogen-bond acceptors (Lipinski definition) is 3. The monoisotopic (exact) mass is 255 g/mol. The van der Waals surface area contributed by atoms with Crippen molar-refractivity contribution < 1.29 is 13.9 Å². The van der Waals surface area contributed by atoms with Crippen molar-refractivity contribution in [3.05, 3.63) is 35.6 Å². The molecule has 1 rings (SSSR count). The van der Waals surface area contributed by atoms with Crippen LogP contribution in [0.3, 0.4) is 0 Å². The molecule has 4 heteroatoms. The van der Waals surface area contributed by atoms with E-state index < -0.39 is 0 Å². The number of halogens is 1. The predicted octanol–water partition coefficient (Wildman–Crippen LogP) is 2.01. The average molecular weight is 255 g/mol. The molecule has 0 aliphatic rings. The quantitative estimate of drug-likeness (QED) is 0.685. The van der Waals surface area contributed by atoms with Crippen LogP contribution in [0.5, 0.6) is 0 Å². The zero-order chi connectivity index (χ0) is 13.2.